The summed E-state index contributed by atoms with van der Waals surface area (Å²) < 4.78 is 24.0. The van der Waals surface area contributed by atoms with Crippen LogP contribution >= 0.6 is 0 Å². The molecule has 5 rings (SSSR count). The van der Waals surface area contributed by atoms with Crippen molar-refractivity contribution in [2.24, 2.45) is 5.73 Å². The van der Waals surface area contributed by atoms with Gasteiger partial charge >= 0.3 is 0 Å². The van der Waals surface area contributed by atoms with Crippen LogP contribution in [0.4, 0.5) is 0 Å². The Labute approximate surface area is 218 Å². The summed E-state index contributed by atoms with van der Waals surface area (Å²) in [6, 6.07) is 20.3. The quantitative estimate of drug-likeness (QED) is 0.474. The Hall–Kier alpha value is -2.94. The first kappa shape index (κ1) is 25.7. The van der Waals surface area contributed by atoms with Crippen molar-refractivity contribution in [3.8, 4) is 11.5 Å². The van der Waals surface area contributed by atoms with Crippen LogP contribution in [0.3, 0.4) is 0 Å². The minimum atomic E-state index is -0.463. The van der Waals surface area contributed by atoms with E-state index < -0.39 is 6.29 Å². The largest absolute Gasteiger partial charge is 0.493 e. The van der Waals surface area contributed by atoms with Gasteiger partial charge in [-0.3, -0.25) is 4.90 Å². The maximum Gasteiger partial charge on any atom is 0.184 e. The van der Waals surface area contributed by atoms with Crippen molar-refractivity contribution < 1.29 is 24.1 Å². The highest BCUT2D eigenvalue weighted by Gasteiger charge is 2.34. The Morgan fingerprint density at radius 1 is 0.892 bits per heavy atom. The first-order chi connectivity index (χ1) is 18.1. The van der Waals surface area contributed by atoms with Gasteiger partial charge in [0.15, 0.2) is 17.8 Å². The molecule has 0 bridgehead atoms. The third-order valence-corrected chi connectivity index (χ3v) is 7.36. The molecular weight excluding hydrogens is 468 g/mol. The summed E-state index contributed by atoms with van der Waals surface area (Å²) >= 11 is 0. The summed E-state index contributed by atoms with van der Waals surface area (Å²) in [6.07, 6.45) is 1.14. The molecule has 0 saturated carbocycles. The van der Waals surface area contributed by atoms with Crippen molar-refractivity contribution in [1.29, 1.82) is 0 Å². The molecule has 3 aromatic rings. The Kier molecular flexibility index (Phi) is 8.08. The topological polar surface area (TPSA) is 86.4 Å². The molecule has 0 radical (unpaired) electrons. The van der Waals surface area contributed by atoms with E-state index in [0.717, 1.165) is 66.2 Å². The van der Waals surface area contributed by atoms with E-state index in [0.29, 0.717) is 6.54 Å². The Morgan fingerprint density at radius 3 is 2.19 bits per heavy atom. The number of nitrogens with two attached hydrogens (primary N) is 1. The van der Waals surface area contributed by atoms with Gasteiger partial charge in [0.25, 0.3) is 0 Å². The molecular formula is C30H36N2O5. The summed E-state index contributed by atoms with van der Waals surface area (Å²) in [6.45, 7) is 3.12. The lowest BCUT2D eigenvalue weighted by Gasteiger charge is -2.39. The predicted molar refractivity (Wildman–Crippen MR) is 141 cm³/mol. The van der Waals surface area contributed by atoms with Crippen LogP contribution in [0.5, 0.6) is 11.5 Å². The molecule has 0 amide bonds. The molecule has 37 heavy (non-hydrogen) atoms. The average molecular weight is 505 g/mol. The maximum atomic E-state index is 9.45. The zero-order chi connectivity index (χ0) is 25.8. The Bertz CT molecular complexity index is 1130. The van der Waals surface area contributed by atoms with Crippen LogP contribution < -0.4 is 15.2 Å². The summed E-state index contributed by atoms with van der Waals surface area (Å²) in [4.78, 5) is 2.45. The number of ether oxygens (including phenoxy) is 4. The van der Waals surface area contributed by atoms with Crippen molar-refractivity contribution >= 4 is 0 Å². The van der Waals surface area contributed by atoms with Gasteiger partial charge in [0.2, 0.25) is 0 Å². The highest BCUT2D eigenvalue weighted by Crippen LogP contribution is 2.39. The van der Waals surface area contributed by atoms with Gasteiger partial charge in [0, 0.05) is 38.2 Å². The number of aliphatic hydroxyl groups is 1. The van der Waals surface area contributed by atoms with E-state index in [1.807, 2.05) is 48.5 Å². The molecule has 3 atom stereocenters. The maximum absolute atomic E-state index is 9.45. The molecule has 3 N–H and O–H groups in total. The van der Waals surface area contributed by atoms with Crippen molar-refractivity contribution in [3.63, 3.8) is 0 Å². The van der Waals surface area contributed by atoms with Gasteiger partial charge in [-0.15, -0.1) is 0 Å². The smallest absolute Gasteiger partial charge is 0.184 e. The fraction of sp³-hybridized carbons (Fsp3) is 0.400. The lowest BCUT2D eigenvalue weighted by atomic mass is 9.97. The summed E-state index contributed by atoms with van der Waals surface area (Å²) in [5, 5.41) is 9.45. The molecule has 7 nitrogen and oxygen atoms in total. The normalized spacial score (nSPS) is 21.9. The molecule has 0 aromatic heterocycles. The first-order valence-electron chi connectivity index (χ1n) is 12.9. The molecule has 196 valence electrons. The van der Waals surface area contributed by atoms with Gasteiger partial charge in [0.05, 0.1) is 33.0 Å². The fourth-order valence-corrected chi connectivity index (χ4v) is 5.23. The lowest BCUT2D eigenvalue weighted by molar-refractivity contribution is -0.253. The van der Waals surface area contributed by atoms with E-state index in [2.05, 4.69) is 17.0 Å². The Morgan fingerprint density at radius 2 is 1.54 bits per heavy atom. The van der Waals surface area contributed by atoms with E-state index in [1.165, 1.54) is 11.1 Å². The zero-order valence-electron chi connectivity index (χ0n) is 21.6. The van der Waals surface area contributed by atoms with E-state index in [1.54, 1.807) is 14.2 Å². The SMILES string of the molecule is COc1cc2c(cc1OC)CN(C[C@@H]1C[C@H](c3ccc(CO)cc3)OC(c3ccc(CN)cc3)O1)CC2. The third-order valence-electron chi connectivity index (χ3n) is 7.36. The van der Waals surface area contributed by atoms with Crippen LogP contribution in [-0.2, 0) is 35.6 Å². The van der Waals surface area contributed by atoms with Gasteiger partial charge in [-0.2, -0.15) is 0 Å². The number of aliphatic hydroxyl groups excluding tert-OH is 1. The van der Waals surface area contributed by atoms with Crippen molar-refractivity contribution in [3.05, 3.63) is 94.0 Å². The second kappa shape index (κ2) is 11.6. The highest BCUT2D eigenvalue weighted by molar-refractivity contribution is 5.48. The summed E-state index contributed by atoms with van der Waals surface area (Å²) in [7, 11) is 3.35. The van der Waals surface area contributed by atoms with Gasteiger partial charge in [-0.05, 0) is 46.4 Å². The minimum Gasteiger partial charge on any atom is -0.493 e. The monoisotopic (exact) mass is 504 g/mol. The van der Waals surface area contributed by atoms with Crippen LogP contribution in [0.1, 0.15) is 52.2 Å². The number of hydrogen-bond acceptors (Lipinski definition) is 7. The fourth-order valence-electron chi connectivity index (χ4n) is 5.23. The van der Waals surface area contributed by atoms with Crippen molar-refractivity contribution in [1.82, 2.24) is 4.90 Å². The zero-order valence-corrected chi connectivity index (χ0v) is 21.6. The van der Waals surface area contributed by atoms with E-state index in [4.69, 9.17) is 24.7 Å². The standard InChI is InChI=1S/C30H36N2O5/c1-34-28-13-24-11-12-32(17-25(24)14-29(28)35-2)18-26-15-27(22-7-5-21(19-33)6-8-22)37-30(36-26)23-9-3-20(16-31)4-10-23/h3-10,13-14,26-27,30,33H,11-12,15-19,31H2,1-2H3/t26-,27+,30?/m0/s1. The number of hydrogen-bond donors (Lipinski definition) is 2. The molecule has 1 saturated heterocycles. The predicted octanol–water partition coefficient (Wildman–Crippen LogP) is 4.26. The molecule has 1 fully saturated rings. The number of rotatable bonds is 8. The number of benzene rings is 3. The summed E-state index contributed by atoms with van der Waals surface area (Å²) in [5.41, 5.74) is 12.4. The van der Waals surface area contributed by atoms with Gasteiger partial charge < -0.3 is 29.8 Å². The van der Waals surface area contributed by atoms with Crippen molar-refractivity contribution in [2.75, 3.05) is 27.3 Å². The number of nitrogens with zero attached hydrogens (tertiary/aromatic N) is 1. The molecule has 2 heterocycles. The van der Waals surface area contributed by atoms with Crippen LogP contribution in [0, 0.1) is 0 Å². The molecule has 7 heteroatoms. The Balaban J connectivity index is 1.35. The molecule has 0 aliphatic carbocycles. The third kappa shape index (κ3) is 5.81. The van der Waals surface area contributed by atoms with Crippen LogP contribution in [-0.4, -0.2) is 43.4 Å². The lowest BCUT2D eigenvalue weighted by Crippen LogP contribution is -2.41. The highest BCUT2D eigenvalue weighted by atomic mass is 16.7. The van der Waals surface area contributed by atoms with Crippen molar-refractivity contribution in [2.45, 2.75) is 51.0 Å². The van der Waals surface area contributed by atoms with Gasteiger partial charge in [-0.1, -0.05) is 48.5 Å². The van der Waals surface area contributed by atoms with Crippen LogP contribution in [0.2, 0.25) is 0 Å². The molecule has 1 unspecified atom stereocenters. The summed E-state index contributed by atoms with van der Waals surface area (Å²) in [5.74, 6) is 1.54. The van der Waals surface area contributed by atoms with E-state index in [-0.39, 0.29) is 18.8 Å². The molecule has 2 aliphatic rings. The van der Waals surface area contributed by atoms with Gasteiger partial charge in [-0.25, -0.2) is 0 Å². The second-order valence-corrected chi connectivity index (χ2v) is 9.76. The van der Waals surface area contributed by atoms with Gasteiger partial charge in [0.1, 0.15) is 0 Å². The number of fused-ring (bicyclic) bond motifs is 1. The van der Waals surface area contributed by atoms with Crippen LogP contribution in [0.25, 0.3) is 0 Å². The molecule has 3 aromatic carbocycles. The van der Waals surface area contributed by atoms with E-state index >= 15 is 0 Å². The average Bonchev–Trinajstić information content (AvgIpc) is 2.96. The minimum absolute atomic E-state index is 0.00264. The second-order valence-electron chi connectivity index (χ2n) is 9.76. The van der Waals surface area contributed by atoms with E-state index in [9.17, 15) is 5.11 Å². The number of methoxy groups -OCH3 is 2. The molecule has 2 aliphatic heterocycles. The van der Waals surface area contributed by atoms with Crippen LogP contribution in [0.15, 0.2) is 60.7 Å². The first-order valence-corrected chi connectivity index (χ1v) is 12.9. The molecule has 0 spiro atoms.